The Morgan fingerprint density at radius 2 is 1.45 bits per heavy atom. The average molecular weight is 463 g/mol. The standard InChI is InChI=1S/C24H28Cl2N2O3/c25-17-2-8-22(9-3-17)30-13-1-12-28-20-6-7-21(28)15-19(14-20)27-24(29)16-31-23-10-4-18(26)5-11-23/h2-5,8-11,19-21H,1,6-7,12-16H2,(H,27,29)/t19?,20-,21+. The summed E-state index contributed by atoms with van der Waals surface area (Å²) in [6, 6.07) is 15.8. The van der Waals surface area contributed by atoms with Gasteiger partial charge in [-0.25, -0.2) is 0 Å². The summed E-state index contributed by atoms with van der Waals surface area (Å²) in [4.78, 5) is 14.9. The number of carbonyl (C=O) groups excluding carboxylic acids is 1. The second kappa shape index (κ2) is 10.6. The molecule has 1 amide bonds. The van der Waals surface area contributed by atoms with E-state index in [1.54, 1.807) is 24.3 Å². The minimum atomic E-state index is -0.0656. The summed E-state index contributed by atoms with van der Waals surface area (Å²) in [5.41, 5.74) is 0. The van der Waals surface area contributed by atoms with Crippen molar-refractivity contribution >= 4 is 29.1 Å². The molecule has 1 unspecified atom stereocenters. The zero-order valence-corrected chi connectivity index (χ0v) is 18.9. The van der Waals surface area contributed by atoms with Crippen molar-refractivity contribution < 1.29 is 14.3 Å². The monoisotopic (exact) mass is 462 g/mol. The van der Waals surface area contributed by atoms with Crippen LogP contribution in [0.2, 0.25) is 10.0 Å². The summed E-state index contributed by atoms with van der Waals surface area (Å²) in [6.07, 6.45) is 5.40. The Morgan fingerprint density at radius 1 is 0.903 bits per heavy atom. The Balaban J connectivity index is 1.16. The molecule has 2 saturated heterocycles. The van der Waals surface area contributed by atoms with Crippen LogP contribution in [-0.4, -0.2) is 48.7 Å². The number of halogens is 2. The highest BCUT2D eigenvalue weighted by atomic mass is 35.5. The molecule has 0 aliphatic carbocycles. The van der Waals surface area contributed by atoms with E-state index >= 15 is 0 Å². The molecule has 0 aromatic heterocycles. The third-order valence-electron chi connectivity index (χ3n) is 6.08. The molecule has 3 atom stereocenters. The van der Waals surface area contributed by atoms with E-state index in [2.05, 4.69) is 10.2 Å². The summed E-state index contributed by atoms with van der Waals surface area (Å²) >= 11 is 11.8. The maximum atomic E-state index is 12.3. The van der Waals surface area contributed by atoms with Gasteiger partial charge in [0.15, 0.2) is 6.61 Å². The molecule has 7 heteroatoms. The van der Waals surface area contributed by atoms with E-state index in [0.717, 1.165) is 36.6 Å². The number of hydrogen-bond acceptors (Lipinski definition) is 4. The SMILES string of the molecule is O=C(COc1ccc(Cl)cc1)NC1C[C@H]2CC[C@@H](C1)N2CCCOc1ccc(Cl)cc1. The molecule has 2 fully saturated rings. The summed E-state index contributed by atoms with van der Waals surface area (Å²) in [5.74, 6) is 1.44. The molecule has 2 bridgehead atoms. The van der Waals surface area contributed by atoms with E-state index < -0.39 is 0 Å². The van der Waals surface area contributed by atoms with Gasteiger partial charge in [-0.15, -0.1) is 0 Å². The van der Waals surface area contributed by atoms with E-state index in [1.807, 2.05) is 24.3 Å². The van der Waals surface area contributed by atoms with Gasteiger partial charge in [0, 0.05) is 34.7 Å². The third-order valence-corrected chi connectivity index (χ3v) is 6.58. The van der Waals surface area contributed by atoms with Gasteiger partial charge in [-0.05, 0) is 80.6 Å². The average Bonchev–Trinajstić information content (AvgIpc) is 3.00. The summed E-state index contributed by atoms with van der Waals surface area (Å²) < 4.78 is 11.4. The minimum absolute atomic E-state index is 0.0270. The first-order valence-electron chi connectivity index (χ1n) is 10.9. The van der Waals surface area contributed by atoms with Crippen molar-refractivity contribution in [2.45, 2.75) is 50.2 Å². The Morgan fingerprint density at radius 3 is 2.03 bits per heavy atom. The van der Waals surface area contributed by atoms with Crippen LogP contribution in [0.5, 0.6) is 11.5 Å². The van der Waals surface area contributed by atoms with E-state index in [4.69, 9.17) is 32.7 Å². The van der Waals surface area contributed by atoms with Crippen molar-refractivity contribution in [3.8, 4) is 11.5 Å². The molecule has 2 aromatic carbocycles. The Hall–Kier alpha value is -1.95. The first kappa shape index (κ1) is 22.3. The van der Waals surface area contributed by atoms with Crippen LogP contribution in [0.15, 0.2) is 48.5 Å². The number of carbonyl (C=O) groups is 1. The van der Waals surface area contributed by atoms with Crippen LogP contribution in [0.3, 0.4) is 0 Å². The fraction of sp³-hybridized carbons (Fsp3) is 0.458. The van der Waals surface area contributed by atoms with E-state index in [-0.39, 0.29) is 18.6 Å². The maximum absolute atomic E-state index is 12.3. The van der Waals surface area contributed by atoms with Gasteiger partial charge in [0.2, 0.25) is 0 Å². The van der Waals surface area contributed by atoms with E-state index in [9.17, 15) is 4.79 Å². The van der Waals surface area contributed by atoms with Gasteiger partial charge in [0.05, 0.1) is 6.61 Å². The normalized spacial score (nSPS) is 22.8. The number of benzene rings is 2. The number of piperidine rings is 1. The molecule has 2 heterocycles. The third kappa shape index (κ3) is 6.28. The lowest BCUT2D eigenvalue weighted by Gasteiger charge is -2.39. The molecule has 0 spiro atoms. The topological polar surface area (TPSA) is 50.8 Å². The van der Waals surface area contributed by atoms with Crippen LogP contribution in [0.1, 0.15) is 32.1 Å². The second-order valence-electron chi connectivity index (χ2n) is 8.26. The van der Waals surface area contributed by atoms with Gasteiger partial charge in [0.25, 0.3) is 5.91 Å². The number of nitrogens with one attached hydrogen (secondary N) is 1. The minimum Gasteiger partial charge on any atom is -0.494 e. The molecule has 2 aliphatic heterocycles. The molecule has 2 aromatic rings. The predicted octanol–water partition coefficient (Wildman–Crippen LogP) is 4.95. The molecule has 0 radical (unpaired) electrons. The van der Waals surface area contributed by atoms with Gasteiger partial charge < -0.3 is 14.8 Å². The van der Waals surface area contributed by atoms with Crippen molar-refractivity contribution in [2.24, 2.45) is 0 Å². The fourth-order valence-electron chi connectivity index (χ4n) is 4.67. The van der Waals surface area contributed by atoms with Crippen molar-refractivity contribution in [3.63, 3.8) is 0 Å². The number of amides is 1. The largest absolute Gasteiger partial charge is 0.494 e. The number of fused-ring (bicyclic) bond motifs is 2. The molecule has 4 rings (SSSR count). The summed E-state index contributed by atoms with van der Waals surface area (Å²) in [5, 5.41) is 4.53. The van der Waals surface area contributed by atoms with Crippen molar-refractivity contribution in [1.82, 2.24) is 10.2 Å². The number of ether oxygens (including phenoxy) is 2. The molecule has 1 N–H and O–H groups in total. The highest BCUT2D eigenvalue weighted by Gasteiger charge is 2.40. The summed E-state index contributed by atoms with van der Waals surface area (Å²) in [6.45, 7) is 1.75. The Kier molecular flexibility index (Phi) is 7.59. The van der Waals surface area contributed by atoms with Crippen LogP contribution in [0, 0.1) is 0 Å². The molecular formula is C24H28Cl2N2O3. The van der Waals surface area contributed by atoms with Crippen molar-refractivity contribution in [2.75, 3.05) is 19.8 Å². The molecule has 31 heavy (non-hydrogen) atoms. The van der Waals surface area contributed by atoms with Gasteiger partial charge in [0.1, 0.15) is 11.5 Å². The van der Waals surface area contributed by atoms with Crippen LogP contribution in [0.4, 0.5) is 0 Å². The van der Waals surface area contributed by atoms with Gasteiger partial charge in [-0.2, -0.15) is 0 Å². The highest BCUT2D eigenvalue weighted by molar-refractivity contribution is 6.30. The summed E-state index contributed by atoms with van der Waals surface area (Å²) in [7, 11) is 0. The molecule has 0 saturated carbocycles. The molecule has 166 valence electrons. The first-order chi connectivity index (χ1) is 15.1. The van der Waals surface area contributed by atoms with E-state index in [1.165, 1.54) is 12.8 Å². The predicted molar refractivity (Wildman–Crippen MR) is 123 cm³/mol. The smallest absolute Gasteiger partial charge is 0.258 e. The van der Waals surface area contributed by atoms with Crippen molar-refractivity contribution in [3.05, 3.63) is 58.6 Å². The van der Waals surface area contributed by atoms with Crippen LogP contribution in [0.25, 0.3) is 0 Å². The molecular weight excluding hydrogens is 435 g/mol. The van der Waals surface area contributed by atoms with E-state index in [0.29, 0.717) is 29.5 Å². The Labute approximate surface area is 193 Å². The van der Waals surface area contributed by atoms with Gasteiger partial charge in [-0.3, -0.25) is 9.69 Å². The molecule has 2 aliphatic rings. The quantitative estimate of drug-likeness (QED) is 0.535. The highest BCUT2D eigenvalue weighted by Crippen LogP contribution is 2.35. The van der Waals surface area contributed by atoms with Crippen LogP contribution in [-0.2, 0) is 4.79 Å². The number of nitrogens with zero attached hydrogens (tertiary/aromatic N) is 1. The van der Waals surface area contributed by atoms with Gasteiger partial charge >= 0.3 is 0 Å². The van der Waals surface area contributed by atoms with Crippen molar-refractivity contribution in [1.29, 1.82) is 0 Å². The number of rotatable bonds is 9. The zero-order chi connectivity index (χ0) is 21.6. The van der Waals surface area contributed by atoms with Crippen LogP contribution < -0.4 is 14.8 Å². The first-order valence-corrected chi connectivity index (χ1v) is 11.6. The second-order valence-corrected chi connectivity index (χ2v) is 9.13. The lowest BCUT2D eigenvalue weighted by atomic mass is 9.97. The molecule has 5 nitrogen and oxygen atoms in total. The number of hydrogen-bond donors (Lipinski definition) is 1. The Bertz CT molecular complexity index is 846. The zero-order valence-electron chi connectivity index (χ0n) is 17.4. The fourth-order valence-corrected chi connectivity index (χ4v) is 4.93. The maximum Gasteiger partial charge on any atom is 0.258 e. The lowest BCUT2D eigenvalue weighted by molar-refractivity contribution is -0.124. The van der Waals surface area contributed by atoms with Crippen LogP contribution >= 0.6 is 23.2 Å². The lowest BCUT2D eigenvalue weighted by Crippen LogP contribution is -2.51. The van der Waals surface area contributed by atoms with Gasteiger partial charge in [-0.1, -0.05) is 23.2 Å².